The fourth-order valence-electron chi connectivity index (χ4n) is 3.03. The minimum Gasteiger partial charge on any atom is -0.363 e. The van der Waals surface area contributed by atoms with Crippen molar-refractivity contribution in [3.63, 3.8) is 0 Å². The van der Waals surface area contributed by atoms with Crippen LogP contribution in [0.3, 0.4) is 0 Å². The molecule has 2 heterocycles. The Bertz CT molecular complexity index is 783. The van der Waals surface area contributed by atoms with Gasteiger partial charge in [-0.25, -0.2) is 4.68 Å². The number of halogens is 3. The highest BCUT2D eigenvalue weighted by molar-refractivity contribution is 5.93. The maximum Gasteiger partial charge on any atom is 0.410 e. The maximum absolute atomic E-state index is 13.6. The van der Waals surface area contributed by atoms with Gasteiger partial charge in [0.15, 0.2) is 11.7 Å². The summed E-state index contributed by atoms with van der Waals surface area (Å²) in [4.78, 5) is 12.1. The molecule has 140 valence electrons. The number of nitrogens with zero attached hydrogens (tertiary/aromatic N) is 2. The maximum atomic E-state index is 13.6. The first-order chi connectivity index (χ1) is 12.3. The highest BCUT2D eigenvalue weighted by Gasteiger charge is 2.46. The first-order valence-electron chi connectivity index (χ1n) is 8.57. The molecule has 0 bridgehead atoms. The van der Waals surface area contributed by atoms with Gasteiger partial charge in [0.2, 0.25) is 0 Å². The molecule has 26 heavy (non-hydrogen) atoms. The number of nitrogens with one attached hydrogen (secondary N) is 2. The van der Waals surface area contributed by atoms with Gasteiger partial charge in [-0.1, -0.05) is 36.8 Å². The molecular formula is C18H21F3N4O. The second-order valence-corrected chi connectivity index (χ2v) is 6.52. The fourth-order valence-corrected chi connectivity index (χ4v) is 3.03. The first-order valence-corrected chi connectivity index (χ1v) is 8.57. The van der Waals surface area contributed by atoms with E-state index >= 15 is 0 Å². The molecule has 8 heteroatoms. The van der Waals surface area contributed by atoms with Crippen LogP contribution < -0.4 is 10.6 Å². The molecule has 0 radical (unpaired) electrons. The van der Waals surface area contributed by atoms with Gasteiger partial charge in [0.25, 0.3) is 5.91 Å². The predicted molar refractivity (Wildman–Crippen MR) is 92.1 cm³/mol. The highest BCUT2D eigenvalue weighted by Crippen LogP contribution is 2.43. The van der Waals surface area contributed by atoms with Gasteiger partial charge < -0.3 is 10.6 Å². The van der Waals surface area contributed by atoms with Crippen molar-refractivity contribution >= 4 is 11.7 Å². The molecule has 0 fully saturated rings. The third kappa shape index (κ3) is 3.68. The molecule has 3 rings (SSSR count). The summed E-state index contributed by atoms with van der Waals surface area (Å²) in [6.07, 6.45) is -3.90. The molecule has 1 amide bonds. The van der Waals surface area contributed by atoms with Gasteiger partial charge in [0.1, 0.15) is 5.82 Å². The van der Waals surface area contributed by atoms with Gasteiger partial charge in [0.05, 0.1) is 6.04 Å². The summed E-state index contributed by atoms with van der Waals surface area (Å²) in [5.74, 6) is -0.269. The second-order valence-electron chi connectivity index (χ2n) is 6.52. The van der Waals surface area contributed by atoms with Crippen LogP contribution in [-0.4, -0.2) is 28.4 Å². The van der Waals surface area contributed by atoms with Crippen LogP contribution in [0.1, 0.15) is 53.5 Å². The number of fused-ring (bicyclic) bond motifs is 1. The summed E-state index contributed by atoms with van der Waals surface area (Å²) in [5, 5.41) is 9.64. The van der Waals surface area contributed by atoms with E-state index in [1.54, 1.807) is 0 Å². The summed E-state index contributed by atoms with van der Waals surface area (Å²) in [5.41, 5.74) is 1.80. The normalized spacial score (nSPS) is 19.6. The quantitative estimate of drug-likeness (QED) is 0.860. The van der Waals surface area contributed by atoms with Crippen molar-refractivity contribution in [2.45, 2.75) is 44.9 Å². The van der Waals surface area contributed by atoms with Gasteiger partial charge in [-0.2, -0.15) is 18.3 Å². The van der Waals surface area contributed by atoms with Gasteiger partial charge in [-0.05, 0) is 18.9 Å². The molecule has 1 aromatic heterocycles. The Balaban J connectivity index is 1.93. The molecule has 2 aromatic rings. The molecule has 0 saturated heterocycles. The van der Waals surface area contributed by atoms with E-state index in [9.17, 15) is 18.0 Å². The van der Waals surface area contributed by atoms with E-state index < -0.39 is 24.2 Å². The highest BCUT2D eigenvalue weighted by atomic mass is 19.4. The minimum absolute atomic E-state index is 0.0141. The van der Waals surface area contributed by atoms with Crippen LogP contribution in [-0.2, 0) is 0 Å². The predicted octanol–water partition coefficient (Wildman–Crippen LogP) is 3.99. The summed E-state index contributed by atoms with van der Waals surface area (Å²) < 4.78 is 41.7. The van der Waals surface area contributed by atoms with Crippen LogP contribution in [0.2, 0.25) is 0 Å². The number of aryl methyl sites for hydroxylation is 1. The summed E-state index contributed by atoms with van der Waals surface area (Å²) >= 11 is 0. The molecule has 2 N–H and O–H groups in total. The zero-order chi connectivity index (χ0) is 18.9. The first kappa shape index (κ1) is 18.3. The van der Waals surface area contributed by atoms with Crippen molar-refractivity contribution in [3.05, 3.63) is 47.2 Å². The SMILES string of the molecule is CCCNC(=O)c1cc2n(n1)C(C(F)(F)F)CC(c1ccc(C)cc1)N2. The molecule has 2 atom stereocenters. The Morgan fingerprint density at radius 3 is 2.65 bits per heavy atom. The number of hydrogen-bond donors (Lipinski definition) is 2. The zero-order valence-corrected chi connectivity index (χ0v) is 14.6. The Kier molecular flexibility index (Phi) is 4.93. The van der Waals surface area contributed by atoms with Gasteiger partial charge in [0, 0.05) is 19.0 Å². The average Bonchev–Trinajstić information content (AvgIpc) is 3.02. The molecule has 1 aliphatic heterocycles. The summed E-state index contributed by atoms with van der Waals surface area (Å²) in [7, 11) is 0. The molecular weight excluding hydrogens is 345 g/mol. The van der Waals surface area contributed by atoms with Gasteiger partial charge in [-0.15, -0.1) is 0 Å². The minimum atomic E-state index is -4.46. The van der Waals surface area contributed by atoms with Gasteiger partial charge >= 0.3 is 6.18 Å². The topological polar surface area (TPSA) is 59.0 Å². The van der Waals surface area contributed by atoms with Gasteiger partial charge in [-0.3, -0.25) is 4.79 Å². The van der Waals surface area contributed by atoms with Crippen LogP contribution in [0.4, 0.5) is 19.0 Å². The number of amides is 1. The van der Waals surface area contributed by atoms with E-state index in [0.29, 0.717) is 6.54 Å². The van der Waals surface area contributed by atoms with Crippen LogP contribution in [0, 0.1) is 6.92 Å². The van der Waals surface area contributed by atoms with Crippen molar-refractivity contribution in [2.24, 2.45) is 0 Å². The lowest BCUT2D eigenvalue weighted by Crippen LogP contribution is -2.35. The fraction of sp³-hybridized carbons (Fsp3) is 0.444. The lowest BCUT2D eigenvalue weighted by atomic mass is 9.96. The number of alkyl halides is 3. The lowest BCUT2D eigenvalue weighted by Gasteiger charge is -2.33. The summed E-state index contributed by atoms with van der Waals surface area (Å²) in [6, 6.07) is 6.48. The zero-order valence-electron chi connectivity index (χ0n) is 14.6. The number of hydrogen-bond acceptors (Lipinski definition) is 3. The second kappa shape index (κ2) is 7.01. The molecule has 1 aliphatic rings. The standard InChI is InChI=1S/C18H21F3N4O/c1-3-8-22-17(26)14-10-16-23-13(12-6-4-11(2)5-7-12)9-15(18(19,20)21)25(16)24-14/h4-7,10,13,15,23H,3,8-9H2,1-2H3,(H,22,26). The van der Waals surface area contributed by atoms with Crippen molar-refractivity contribution in [1.82, 2.24) is 15.1 Å². The Morgan fingerprint density at radius 2 is 2.04 bits per heavy atom. The number of carbonyl (C=O) groups excluding carboxylic acids is 1. The van der Waals surface area contributed by atoms with Crippen LogP contribution in [0.25, 0.3) is 0 Å². The Morgan fingerprint density at radius 1 is 1.35 bits per heavy atom. The summed E-state index contributed by atoms with van der Waals surface area (Å²) in [6.45, 7) is 4.27. The average molecular weight is 366 g/mol. The Hall–Kier alpha value is -2.51. The van der Waals surface area contributed by atoms with Crippen molar-refractivity contribution < 1.29 is 18.0 Å². The number of anilines is 1. The van der Waals surface area contributed by atoms with Crippen molar-refractivity contribution in [3.8, 4) is 0 Å². The van der Waals surface area contributed by atoms with E-state index in [4.69, 9.17) is 0 Å². The van der Waals surface area contributed by atoms with E-state index in [1.807, 2.05) is 38.1 Å². The van der Waals surface area contributed by atoms with E-state index in [-0.39, 0.29) is 17.9 Å². The molecule has 2 unspecified atom stereocenters. The van der Waals surface area contributed by atoms with E-state index in [0.717, 1.165) is 22.2 Å². The van der Waals surface area contributed by atoms with Crippen molar-refractivity contribution in [2.75, 3.05) is 11.9 Å². The Labute approximate surface area is 149 Å². The molecule has 5 nitrogen and oxygen atoms in total. The molecule has 0 aliphatic carbocycles. The molecule has 1 aromatic carbocycles. The molecule has 0 spiro atoms. The monoisotopic (exact) mass is 366 g/mol. The number of rotatable bonds is 4. The van der Waals surface area contributed by atoms with Crippen LogP contribution >= 0.6 is 0 Å². The third-order valence-corrected chi connectivity index (χ3v) is 4.44. The molecule has 0 saturated carbocycles. The van der Waals surface area contributed by atoms with E-state index in [2.05, 4.69) is 15.7 Å². The van der Waals surface area contributed by atoms with E-state index in [1.165, 1.54) is 6.07 Å². The number of carbonyl (C=O) groups is 1. The third-order valence-electron chi connectivity index (χ3n) is 4.44. The number of benzene rings is 1. The number of aromatic nitrogens is 2. The van der Waals surface area contributed by atoms with Crippen molar-refractivity contribution in [1.29, 1.82) is 0 Å². The largest absolute Gasteiger partial charge is 0.410 e. The van der Waals surface area contributed by atoms with Crippen LogP contribution in [0.15, 0.2) is 30.3 Å². The smallest absolute Gasteiger partial charge is 0.363 e. The van der Waals surface area contributed by atoms with Crippen LogP contribution in [0.5, 0.6) is 0 Å². The lowest BCUT2D eigenvalue weighted by molar-refractivity contribution is -0.173.